The number of anilines is 1. The lowest BCUT2D eigenvalue weighted by atomic mass is 9.82. The van der Waals surface area contributed by atoms with Crippen LogP contribution in [0.15, 0.2) is 28.7 Å². The molecule has 1 N–H and O–H groups in total. The predicted octanol–water partition coefficient (Wildman–Crippen LogP) is 2.86. The monoisotopic (exact) mass is 350 g/mol. The Labute approximate surface area is 133 Å². The first kappa shape index (κ1) is 14.6. The number of rotatable bonds is 2. The number of hydrogen-bond acceptors (Lipinski definition) is 2. The number of benzene rings is 1. The van der Waals surface area contributed by atoms with Gasteiger partial charge in [0, 0.05) is 10.2 Å². The van der Waals surface area contributed by atoms with E-state index in [0.717, 1.165) is 35.8 Å². The van der Waals surface area contributed by atoms with E-state index >= 15 is 0 Å². The molecule has 1 heterocycles. The Kier molecular flexibility index (Phi) is 4.29. The van der Waals surface area contributed by atoms with Crippen LogP contribution >= 0.6 is 15.9 Å². The summed E-state index contributed by atoms with van der Waals surface area (Å²) in [6, 6.07) is 7.18. The third kappa shape index (κ3) is 3.12. The van der Waals surface area contributed by atoms with Gasteiger partial charge in [0.2, 0.25) is 11.8 Å². The normalized spacial score (nSPS) is 24.0. The SMILES string of the molecule is O=C1CN(c2ccc(Br)cc2)C(=O)C(C2CCCCC2)N1. The van der Waals surface area contributed by atoms with Crippen molar-refractivity contribution in [2.24, 2.45) is 5.92 Å². The van der Waals surface area contributed by atoms with Crippen molar-refractivity contribution in [1.29, 1.82) is 0 Å². The van der Waals surface area contributed by atoms with Crippen molar-refractivity contribution in [3.05, 3.63) is 28.7 Å². The van der Waals surface area contributed by atoms with Crippen molar-refractivity contribution in [3.8, 4) is 0 Å². The Morgan fingerprint density at radius 1 is 1.05 bits per heavy atom. The minimum Gasteiger partial charge on any atom is -0.342 e. The zero-order valence-electron chi connectivity index (χ0n) is 11.8. The van der Waals surface area contributed by atoms with Crippen LogP contribution in [0.3, 0.4) is 0 Å². The van der Waals surface area contributed by atoms with Crippen LogP contribution in [0.25, 0.3) is 0 Å². The summed E-state index contributed by atoms with van der Waals surface area (Å²) >= 11 is 3.39. The summed E-state index contributed by atoms with van der Waals surface area (Å²) in [6.45, 7) is 0.115. The van der Waals surface area contributed by atoms with Crippen molar-refractivity contribution in [1.82, 2.24) is 5.32 Å². The van der Waals surface area contributed by atoms with Gasteiger partial charge < -0.3 is 10.2 Å². The number of carbonyl (C=O) groups is 2. The standard InChI is InChI=1S/C16H19BrN2O2/c17-12-6-8-13(9-7-12)19-10-14(20)18-15(16(19)21)11-4-2-1-3-5-11/h6-9,11,15H,1-5,10H2,(H,18,20). The Morgan fingerprint density at radius 2 is 1.71 bits per heavy atom. The van der Waals surface area contributed by atoms with Gasteiger partial charge in [-0.2, -0.15) is 0 Å². The number of halogens is 1. The van der Waals surface area contributed by atoms with Gasteiger partial charge in [-0.3, -0.25) is 9.59 Å². The third-order valence-electron chi connectivity index (χ3n) is 4.41. The van der Waals surface area contributed by atoms with Gasteiger partial charge in [-0.05, 0) is 43.0 Å². The first-order valence-corrected chi connectivity index (χ1v) is 8.31. The fourth-order valence-corrected chi connectivity index (χ4v) is 3.56. The second-order valence-corrected chi connectivity index (χ2v) is 6.76. The topological polar surface area (TPSA) is 49.4 Å². The van der Waals surface area contributed by atoms with Crippen molar-refractivity contribution in [2.45, 2.75) is 38.1 Å². The van der Waals surface area contributed by atoms with Crippen molar-refractivity contribution < 1.29 is 9.59 Å². The zero-order valence-corrected chi connectivity index (χ0v) is 13.4. The largest absolute Gasteiger partial charge is 0.342 e. The number of nitrogens with zero attached hydrogens (tertiary/aromatic N) is 1. The molecule has 4 nitrogen and oxygen atoms in total. The molecule has 1 aromatic rings. The lowest BCUT2D eigenvalue weighted by Gasteiger charge is -2.37. The van der Waals surface area contributed by atoms with E-state index in [-0.39, 0.29) is 30.3 Å². The highest BCUT2D eigenvalue weighted by molar-refractivity contribution is 9.10. The molecule has 1 aromatic carbocycles. The molecule has 1 atom stereocenters. The Morgan fingerprint density at radius 3 is 2.38 bits per heavy atom. The van der Waals surface area contributed by atoms with Gasteiger partial charge in [-0.25, -0.2) is 0 Å². The van der Waals surface area contributed by atoms with Crippen molar-refractivity contribution in [3.63, 3.8) is 0 Å². The summed E-state index contributed by atoms with van der Waals surface area (Å²) in [4.78, 5) is 26.4. The van der Waals surface area contributed by atoms with Crippen LogP contribution in [0, 0.1) is 5.92 Å². The molecule has 21 heavy (non-hydrogen) atoms. The fraction of sp³-hybridized carbons (Fsp3) is 0.500. The number of piperazine rings is 1. The summed E-state index contributed by atoms with van der Waals surface area (Å²) in [5.41, 5.74) is 0.791. The number of amides is 2. The molecular formula is C16H19BrN2O2. The van der Waals surface area contributed by atoms with Crippen molar-refractivity contribution in [2.75, 3.05) is 11.4 Å². The predicted molar refractivity (Wildman–Crippen MR) is 85.0 cm³/mol. The lowest BCUT2D eigenvalue weighted by Crippen LogP contribution is -2.61. The molecular weight excluding hydrogens is 332 g/mol. The maximum Gasteiger partial charge on any atom is 0.250 e. The van der Waals surface area contributed by atoms with Crippen LogP contribution < -0.4 is 10.2 Å². The van der Waals surface area contributed by atoms with Gasteiger partial charge in [0.05, 0.1) is 0 Å². The zero-order chi connectivity index (χ0) is 14.8. The van der Waals surface area contributed by atoms with Gasteiger partial charge >= 0.3 is 0 Å². The second kappa shape index (κ2) is 6.18. The fourth-order valence-electron chi connectivity index (χ4n) is 3.30. The summed E-state index contributed by atoms with van der Waals surface area (Å²) in [5.74, 6) is 0.255. The van der Waals surface area contributed by atoms with E-state index in [2.05, 4.69) is 21.2 Å². The Bertz CT molecular complexity index is 538. The molecule has 2 aliphatic rings. The molecule has 1 aliphatic heterocycles. The molecule has 2 amide bonds. The van der Waals surface area contributed by atoms with Gasteiger partial charge in [0.1, 0.15) is 12.6 Å². The number of hydrogen-bond donors (Lipinski definition) is 1. The molecule has 1 saturated carbocycles. The highest BCUT2D eigenvalue weighted by atomic mass is 79.9. The van der Waals surface area contributed by atoms with Crippen LogP contribution in [-0.4, -0.2) is 24.4 Å². The van der Waals surface area contributed by atoms with E-state index in [0.29, 0.717) is 0 Å². The third-order valence-corrected chi connectivity index (χ3v) is 4.94. The quantitative estimate of drug-likeness (QED) is 0.891. The van der Waals surface area contributed by atoms with E-state index < -0.39 is 0 Å². The van der Waals surface area contributed by atoms with Crippen LogP contribution in [0.4, 0.5) is 5.69 Å². The summed E-state index contributed by atoms with van der Waals surface area (Å²) in [5, 5.41) is 2.91. The molecule has 1 aliphatic carbocycles. The molecule has 0 radical (unpaired) electrons. The van der Waals surface area contributed by atoms with Crippen LogP contribution in [0.5, 0.6) is 0 Å². The Balaban J connectivity index is 1.82. The van der Waals surface area contributed by atoms with Gasteiger partial charge in [-0.1, -0.05) is 35.2 Å². The molecule has 0 aromatic heterocycles. The van der Waals surface area contributed by atoms with E-state index in [9.17, 15) is 9.59 Å². The molecule has 5 heteroatoms. The molecule has 2 fully saturated rings. The maximum absolute atomic E-state index is 12.8. The molecule has 1 unspecified atom stereocenters. The van der Waals surface area contributed by atoms with E-state index in [4.69, 9.17) is 0 Å². The van der Waals surface area contributed by atoms with Crippen LogP contribution in [-0.2, 0) is 9.59 Å². The minimum absolute atomic E-state index is 0.0313. The van der Waals surface area contributed by atoms with Gasteiger partial charge in [-0.15, -0.1) is 0 Å². The maximum atomic E-state index is 12.8. The van der Waals surface area contributed by atoms with Gasteiger partial charge in [0.25, 0.3) is 0 Å². The average molecular weight is 351 g/mol. The summed E-state index contributed by atoms with van der Waals surface area (Å²) in [7, 11) is 0. The summed E-state index contributed by atoms with van der Waals surface area (Å²) < 4.78 is 0.962. The van der Waals surface area contributed by atoms with Crippen LogP contribution in [0.2, 0.25) is 0 Å². The number of nitrogens with one attached hydrogen (secondary N) is 1. The molecule has 3 rings (SSSR count). The average Bonchev–Trinajstić information content (AvgIpc) is 2.51. The molecule has 112 valence electrons. The van der Waals surface area contributed by atoms with Gasteiger partial charge in [0.15, 0.2) is 0 Å². The smallest absolute Gasteiger partial charge is 0.250 e. The minimum atomic E-state index is -0.352. The van der Waals surface area contributed by atoms with E-state index in [1.165, 1.54) is 6.42 Å². The molecule has 0 bridgehead atoms. The molecule has 0 spiro atoms. The lowest BCUT2D eigenvalue weighted by molar-refractivity contribution is -0.132. The van der Waals surface area contributed by atoms with E-state index in [1.54, 1.807) is 4.90 Å². The molecule has 1 saturated heterocycles. The van der Waals surface area contributed by atoms with Crippen molar-refractivity contribution >= 4 is 33.4 Å². The van der Waals surface area contributed by atoms with E-state index in [1.807, 2.05) is 24.3 Å². The first-order valence-electron chi connectivity index (χ1n) is 7.51. The summed E-state index contributed by atoms with van der Waals surface area (Å²) in [6.07, 6.45) is 5.61. The Hall–Kier alpha value is -1.36. The number of carbonyl (C=O) groups excluding carboxylic acids is 2. The highest BCUT2D eigenvalue weighted by Crippen LogP contribution is 2.30. The van der Waals surface area contributed by atoms with Crippen LogP contribution in [0.1, 0.15) is 32.1 Å². The first-order chi connectivity index (χ1) is 10.1. The second-order valence-electron chi connectivity index (χ2n) is 5.84. The highest BCUT2D eigenvalue weighted by Gasteiger charge is 2.38.